The Morgan fingerprint density at radius 3 is 2.62 bits per heavy atom. The van der Waals surface area contributed by atoms with Crippen LogP contribution in [0.4, 0.5) is 5.69 Å². The molecule has 2 aromatic carbocycles. The van der Waals surface area contributed by atoms with Gasteiger partial charge in [-0.25, -0.2) is 18.0 Å². The Morgan fingerprint density at radius 1 is 1.28 bits per heavy atom. The maximum atomic E-state index is 13.2. The van der Waals surface area contributed by atoms with Crippen molar-refractivity contribution in [3.05, 3.63) is 71.8 Å². The molecule has 7 nitrogen and oxygen atoms in total. The fourth-order valence-corrected chi connectivity index (χ4v) is 4.37. The minimum Gasteiger partial charge on any atom is -0.463 e. The van der Waals surface area contributed by atoms with E-state index < -0.39 is 28.1 Å². The van der Waals surface area contributed by atoms with E-state index >= 15 is 0 Å². The van der Waals surface area contributed by atoms with Gasteiger partial charge in [0.05, 0.1) is 29.3 Å². The van der Waals surface area contributed by atoms with E-state index in [0.29, 0.717) is 10.7 Å². The van der Waals surface area contributed by atoms with Crippen molar-refractivity contribution < 1.29 is 27.5 Å². The Kier molecular flexibility index (Phi) is 6.24. The van der Waals surface area contributed by atoms with Gasteiger partial charge in [-0.15, -0.1) is 6.58 Å². The predicted octanol–water partition coefficient (Wildman–Crippen LogP) is 3.19. The number of benzene rings is 2. The highest BCUT2D eigenvalue weighted by Gasteiger charge is 2.31. The summed E-state index contributed by atoms with van der Waals surface area (Å²) in [6.07, 6.45) is 0.747. The zero-order chi connectivity index (χ0) is 21.0. The largest absolute Gasteiger partial charge is 0.463 e. The number of sulfonamides is 1. The van der Waals surface area contributed by atoms with Gasteiger partial charge in [0.25, 0.3) is 10.0 Å². The standard InChI is InChI=1S/C20H18ClNO6S/c1-2-11-22(16-8-6-15(21)7-9-16)29(25,26)17-5-3-4-14(13-17)19(23)28-18-10-12-27-20(18)24/h2-9,13,18H,1,10-12H2/t18-/m0/s1. The van der Waals surface area contributed by atoms with Crippen LogP contribution in [0.3, 0.4) is 0 Å². The number of hydrogen-bond acceptors (Lipinski definition) is 6. The molecule has 0 N–H and O–H groups in total. The smallest absolute Gasteiger partial charge is 0.347 e. The van der Waals surface area contributed by atoms with Crippen molar-refractivity contribution in [2.75, 3.05) is 17.5 Å². The Morgan fingerprint density at radius 2 is 2.00 bits per heavy atom. The molecule has 0 amide bonds. The molecular weight excluding hydrogens is 418 g/mol. The molecule has 1 aliphatic rings. The maximum absolute atomic E-state index is 13.2. The Bertz CT molecular complexity index is 1040. The summed E-state index contributed by atoms with van der Waals surface area (Å²) in [7, 11) is -4.00. The minimum atomic E-state index is -4.00. The van der Waals surface area contributed by atoms with Gasteiger partial charge >= 0.3 is 11.9 Å². The van der Waals surface area contributed by atoms with Crippen molar-refractivity contribution in [3.8, 4) is 0 Å². The van der Waals surface area contributed by atoms with Crippen LogP contribution >= 0.6 is 11.6 Å². The summed E-state index contributed by atoms with van der Waals surface area (Å²) in [5.74, 6) is -1.41. The van der Waals surface area contributed by atoms with E-state index in [1.807, 2.05) is 0 Å². The van der Waals surface area contributed by atoms with Gasteiger partial charge in [-0.1, -0.05) is 23.7 Å². The van der Waals surface area contributed by atoms with Crippen LogP contribution in [-0.4, -0.2) is 39.6 Å². The molecule has 0 unspecified atom stereocenters. The quantitative estimate of drug-likeness (QED) is 0.490. The molecule has 9 heteroatoms. The van der Waals surface area contributed by atoms with Crippen LogP contribution in [0.15, 0.2) is 66.1 Å². The first-order chi connectivity index (χ1) is 13.8. The van der Waals surface area contributed by atoms with E-state index in [4.69, 9.17) is 21.1 Å². The number of carbonyl (C=O) groups excluding carboxylic acids is 2. The third-order valence-electron chi connectivity index (χ3n) is 4.20. The molecule has 29 heavy (non-hydrogen) atoms. The van der Waals surface area contributed by atoms with E-state index in [9.17, 15) is 18.0 Å². The Labute approximate surface area is 173 Å². The molecule has 2 aromatic rings. The van der Waals surface area contributed by atoms with E-state index in [-0.39, 0.29) is 30.0 Å². The van der Waals surface area contributed by atoms with Crippen molar-refractivity contribution in [3.63, 3.8) is 0 Å². The number of anilines is 1. The number of carbonyl (C=O) groups is 2. The van der Waals surface area contributed by atoms with E-state index in [2.05, 4.69) is 6.58 Å². The monoisotopic (exact) mass is 435 g/mol. The van der Waals surface area contributed by atoms with Crippen LogP contribution in [0, 0.1) is 0 Å². The maximum Gasteiger partial charge on any atom is 0.347 e. The van der Waals surface area contributed by atoms with Crippen LogP contribution in [0.25, 0.3) is 0 Å². The minimum absolute atomic E-state index is 0.0143. The Hall–Kier alpha value is -2.84. The van der Waals surface area contributed by atoms with Crippen molar-refractivity contribution >= 4 is 39.3 Å². The van der Waals surface area contributed by atoms with Crippen molar-refractivity contribution in [1.82, 2.24) is 0 Å². The molecule has 1 aliphatic heterocycles. The first kappa shape index (κ1) is 20.9. The number of hydrogen-bond donors (Lipinski definition) is 0. The first-order valence-electron chi connectivity index (χ1n) is 8.70. The van der Waals surface area contributed by atoms with Gasteiger partial charge in [0.1, 0.15) is 0 Å². The second kappa shape index (κ2) is 8.67. The normalized spacial score (nSPS) is 16.2. The first-order valence-corrected chi connectivity index (χ1v) is 10.5. The van der Waals surface area contributed by atoms with Crippen LogP contribution in [-0.2, 0) is 24.3 Å². The summed E-state index contributed by atoms with van der Waals surface area (Å²) in [5, 5.41) is 0.472. The van der Waals surface area contributed by atoms with E-state index in [1.54, 1.807) is 24.3 Å². The van der Waals surface area contributed by atoms with Crippen LogP contribution in [0.2, 0.25) is 5.02 Å². The van der Waals surface area contributed by atoms with Gasteiger partial charge in [0.15, 0.2) is 0 Å². The number of cyclic esters (lactones) is 1. The SMILES string of the molecule is C=CCN(c1ccc(Cl)cc1)S(=O)(=O)c1cccc(C(=O)O[C@H]2CCOC2=O)c1. The molecule has 1 fully saturated rings. The van der Waals surface area contributed by atoms with Gasteiger partial charge in [0.2, 0.25) is 6.10 Å². The molecule has 0 bridgehead atoms. The lowest BCUT2D eigenvalue weighted by Gasteiger charge is -2.23. The molecule has 3 rings (SSSR count). The van der Waals surface area contributed by atoms with E-state index in [0.717, 1.165) is 4.31 Å². The zero-order valence-electron chi connectivity index (χ0n) is 15.3. The zero-order valence-corrected chi connectivity index (χ0v) is 16.9. The number of nitrogens with zero attached hydrogens (tertiary/aromatic N) is 1. The molecule has 0 aromatic heterocycles. The number of halogens is 1. The molecule has 0 saturated carbocycles. The second-order valence-corrected chi connectivity index (χ2v) is 8.48. The highest BCUT2D eigenvalue weighted by atomic mass is 35.5. The summed E-state index contributed by atoms with van der Waals surface area (Å²) < 4.78 is 37.4. The number of ether oxygens (including phenoxy) is 2. The van der Waals surface area contributed by atoms with Gasteiger partial charge in [-0.05, 0) is 42.5 Å². The van der Waals surface area contributed by atoms with Crippen LogP contribution in [0.5, 0.6) is 0 Å². The van der Waals surface area contributed by atoms with Crippen molar-refractivity contribution in [2.45, 2.75) is 17.4 Å². The van der Waals surface area contributed by atoms with Gasteiger partial charge in [-0.3, -0.25) is 4.31 Å². The van der Waals surface area contributed by atoms with Crippen LogP contribution < -0.4 is 4.31 Å². The molecule has 1 heterocycles. The summed E-state index contributed by atoms with van der Waals surface area (Å²) in [4.78, 5) is 23.7. The molecule has 0 aliphatic carbocycles. The third-order valence-corrected chi connectivity index (χ3v) is 6.25. The molecule has 1 saturated heterocycles. The average molecular weight is 436 g/mol. The summed E-state index contributed by atoms with van der Waals surface area (Å²) in [6.45, 7) is 3.81. The van der Waals surface area contributed by atoms with Gasteiger partial charge in [-0.2, -0.15) is 0 Å². The summed E-state index contributed by atoms with van der Waals surface area (Å²) in [5.41, 5.74) is 0.413. The highest BCUT2D eigenvalue weighted by molar-refractivity contribution is 7.92. The van der Waals surface area contributed by atoms with Crippen LogP contribution in [0.1, 0.15) is 16.8 Å². The molecule has 1 atom stereocenters. The topological polar surface area (TPSA) is 90.0 Å². The predicted molar refractivity (Wildman–Crippen MR) is 107 cm³/mol. The lowest BCUT2D eigenvalue weighted by Crippen LogP contribution is -2.31. The summed E-state index contributed by atoms with van der Waals surface area (Å²) >= 11 is 5.89. The molecule has 152 valence electrons. The molecule has 0 radical (unpaired) electrons. The number of rotatable bonds is 7. The van der Waals surface area contributed by atoms with Crippen molar-refractivity contribution in [2.24, 2.45) is 0 Å². The van der Waals surface area contributed by atoms with Gasteiger partial charge < -0.3 is 9.47 Å². The highest BCUT2D eigenvalue weighted by Crippen LogP contribution is 2.26. The summed E-state index contributed by atoms with van der Waals surface area (Å²) in [6, 6.07) is 11.8. The Balaban J connectivity index is 1.90. The van der Waals surface area contributed by atoms with Crippen molar-refractivity contribution in [1.29, 1.82) is 0 Å². The lowest BCUT2D eigenvalue weighted by atomic mass is 10.2. The molecule has 0 spiro atoms. The molecular formula is C20H18ClNO6S. The lowest BCUT2D eigenvalue weighted by molar-refractivity contribution is -0.145. The van der Waals surface area contributed by atoms with Gasteiger partial charge in [0, 0.05) is 11.4 Å². The number of esters is 2. The van der Waals surface area contributed by atoms with E-state index in [1.165, 1.54) is 30.3 Å². The fraction of sp³-hybridized carbons (Fsp3) is 0.200. The average Bonchev–Trinajstić information content (AvgIpc) is 3.11. The third kappa shape index (κ3) is 4.60. The second-order valence-electron chi connectivity index (χ2n) is 6.18. The fourth-order valence-electron chi connectivity index (χ4n) is 2.76.